The molecule has 0 aliphatic heterocycles. The molecule has 0 spiro atoms. The van der Waals surface area contributed by atoms with Crippen molar-refractivity contribution in [3.05, 3.63) is 81.9 Å². The molecule has 1 amide bonds. The maximum Gasteiger partial charge on any atom is 0.270 e. The van der Waals surface area contributed by atoms with Gasteiger partial charge in [-0.25, -0.2) is 4.98 Å². The van der Waals surface area contributed by atoms with Gasteiger partial charge >= 0.3 is 0 Å². The highest BCUT2D eigenvalue weighted by Crippen LogP contribution is 2.33. The van der Waals surface area contributed by atoms with Crippen molar-refractivity contribution in [1.29, 1.82) is 0 Å². The molecule has 0 aliphatic rings. The van der Waals surface area contributed by atoms with Crippen LogP contribution in [0.3, 0.4) is 0 Å². The minimum absolute atomic E-state index is 0.0477. The molecule has 2 aromatic carbocycles. The van der Waals surface area contributed by atoms with Gasteiger partial charge in [0.1, 0.15) is 17.4 Å². The number of aromatic nitrogens is 2. The summed E-state index contributed by atoms with van der Waals surface area (Å²) in [4.78, 5) is 23.8. The number of imidazole rings is 1. The molecule has 6 nitrogen and oxygen atoms in total. The van der Waals surface area contributed by atoms with Gasteiger partial charge in [-0.2, -0.15) is 0 Å². The molecular weight excluding hydrogens is 538 g/mol. The van der Waals surface area contributed by atoms with E-state index in [2.05, 4.69) is 104 Å². The normalized spacial score (nSPS) is 12.5. The van der Waals surface area contributed by atoms with Crippen molar-refractivity contribution in [2.24, 2.45) is 4.99 Å². The summed E-state index contributed by atoms with van der Waals surface area (Å²) < 4.78 is 5.64. The van der Waals surface area contributed by atoms with Gasteiger partial charge in [0.25, 0.3) is 5.91 Å². The Kier molecular flexibility index (Phi) is 12.5. The van der Waals surface area contributed by atoms with Crippen molar-refractivity contribution in [1.82, 2.24) is 19.6 Å². The highest BCUT2D eigenvalue weighted by molar-refractivity contribution is 7.98. The molecule has 226 valence electrons. The predicted molar refractivity (Wildman–Crippen MR) is 180 cm³/mol. The molecular formula is C35H49N5OS. The van der Waals surface area contributed by atoms with Crippen LogP contribution in [0.1, 0.15) is 101 Å². The van der Waals surface area contributed by atoms with E-state index >= 15 is 0 Å². The first-order chi connectivity index (χ1) is 20.1. The summed E-state index contributed by atoms with van der Waals surface area (Å²) in [7, 11) is 1.84. The van der Waals surface area contributed by atoms with E-state index in [1.807, 2.05) is 20.9 Å². The third-order valence-electron chi connectivity index (χ3n) is 7.47. The van der Waals surface area contributed by atoms with E-state index in [4.69, 9.17) is 4.98 Å². The van der Waals surface area contributed by atoms with E-state index in [9.17, 15) is 4.79 Å². The Morgan fingerprint density at radius 3 is 2.40 bits per heavy atom. The van der Waals surface area contributed by atoms with Crippen molar-refractivity contribution in [3.8, 4) is 11.1 Å². The van der Waals surface area contributed by atoms with Crippen LogP contribution in [0.15, 0.2) is 63.5 Å². The van der Waals surface area contributed by atoms with Gasteiger partial charge in [0, 0.05) is 31.0 Å². The molecule has 0 aliphatic carbocycles. The molecule has 7 heteroatoms. The fourth-order valence-corrected chi connectivity index (χ4v) is 6.10. The van der Waals surface area contributed by atoms with Crippen molar-refractivity contribution < 1.29 is 4.79 Å². The topological polar surface area (TPSA) is 71.3 Å². The molecule has 0 saturated carbocycles. The summed E-state index contributed by atoms with van der Waals surface area (Å²) in [6, 6.07) is 15.2. The van der Waals surface area contributed by atoms with Gasteiger partial charge in [-0.05, 0) is 99.7 Å². The van der Waals surface area contributed by atoms with Gasteiger partial charge in [0.05, 0.1) is 5.69 Å². The Morgan fingerprint density at radius 1 is 1.05 bits per heavy atom. The largest absolute Gasteiger partial charge is 0.349 e. The minimum atomic E-state index is -0.0477. The summed E-state index contributed by atoms with van der Waals surface area (Å²) >= 11 is 1.60. The van der Waals surface area contributed by atoms with Crippen LogP contribution < -0.4 is 10.0 Å². The lowest BCUT2D eigenvalue weighted by Gasteiger charge is -2.17. The number of nitrogens with one attached hydrogen (secondary N) is 2. The molecule has 0 saturated heterocycles. The quantitative estimate of drug-likeness (QED) is 0.120. The lowest BCUT2D eigenvalue weighted by molar-refractivity contribution is 0.0932. The fraction of sp³-hybridized carbons (Fsp3) is 0.457. The lowest BCUT2D eigenvalue weighted by Crippen LogP contribution is -2.32. The average molecular weight is 588 g/mol. The number of carbonyl (C=O) groups is 1. The number of hydrogen-bond acceptors (Lipinski definition) is 4. The number of nitrogens with zero attached hydrogens (tertiary/aromatic N) is 3. The van der Waals surface area contributed by atoms with E-state index in [0.717, 1.165) is 59.9 Å². The minimum Gasteiger partial charge on any atom is -0.349 e. The third kappa shape index (κ3) is 8.15. The molecule has 0 unspecified atom stereocenters. The number of allylic oxidation sites excluding steroid dienone is 1. The molecule has 42 heavy (non-hydrogen) atoms. The standard InChI is InChI=1S/C35H49N5OS/c1-10-15-24(6)26(8)34(36-9)39-42-31-18-14-13-17-29(31)28-20-19-27(21-25(28)7)22-40-32(16-11-2)38-30(12-3)33(40)35(41)37-23(4)5/h13-14,17-21,23H,10-12,15-16,22H2,1-9H3,(H,36,39)(H,37,41)/b26-24-. The number of aliphatic imine (C=N–C) groups is 1. The predicted octanol–water partition coefficient (Wildman–Crippen LogP) is 8.32. The number of hydrogen-bond donors (Lipinski definition) is 2. The highest BCUT2D eigenvalue weighted by atomic mass is 32.2. The van der Waals surface area contributed by atoms with E-state index in [-0.39, 0.29) is 11.9 Å². The molecule has 2 N–H and O–H groups in total. The second kappa shape index (κ2) is 15.8. The second-order valence-electron chi connectivity index (χ2n) is 11.2. The van der Waals surface area contributed by atoms with Gasteiger partial charge in [0.15, 0.2) is 0 Å². The zero-order valence-electron chi connectivity index (χ0n) is 27.0. The number of rotatable bonds is 13. The molecule has 3 aromatic rings. The number of carbonyl (C=O) groups excluding carboxylic acids is 1. The Bertz CT molecular complexity index is 1430. The first-order valence-corrected chi connectivity index (χ1v) is 16.1. The maximum absolute atomic E-state index is 13.3. The SMILES string of the molecule is CCC/C(C)=C(/C)C(=NC)NSc1ccccc1-c1ccc(Cn2c(CCC)nc(CC)c2C(=O)NC(C)C)cc1C. The average Bonchev–Trinajstić information content (AvgIpc) is 3.30. The Morgan fingerprint density at radius 2 is 1.79 bits per heavy atom. The molecule has 1 aromatic heterocycles. The van der Waals surface area contributed by atoms with Crippen molar-refractivity contribution in [2.45, 2.75) is 105 Å². The summed E-state index contributed by atoms with van der Waals surface area (Å²) in [5, 5.41) is 3.09. The highest BCUT2D eigenvalue weighted by Gasteiger charge is 2.23. The zero-order valence-corrected chi connectivity index (χ0v) is 27.8. The van der Waals surface area contributed by atoms with Crippen LogP contribution in [-0.2, 0) is 19.4 Å². The van der Waals surface area contributed by atoms with Crippen molar-refractivity contribution in [2.75, 3.05) is 7.05 Å². The van der Waals surface area contributed by atoms with Crippen molar-refractivity contribution >= 4 is 23.7 Å². The van der Waals surface area contributed by atoms with E-state index in [1.165, 1.54) is 27.8 Å². The summed E-state index contributed by atoms with van der Waals surface area (Å²) in [5.41, 5.74) is 8.86. The molecule has 1 heterocycles. The van der Waals surface area contributed by atoms with Crippen LogP contribution in [0, 0.1) is 6.92 Å². The van der Waals surface area contributed by atoms with Gasteiger partial charge in [-0.15, -0.1) is 0 Å². The van der Waals surface area contributed by atoms with Gasteiger partial charge in [0.2, 0.25) is 0 Å². The monoisotopic (exact) mass is 587 g/mol. The molecule has 3 rings (SSSR count). The summed E-state index contributed by atoms with van der Waals surface area (Å²) in [6.07, 6.45) is 4.74. The van der Waals surface area contributed by atoms with Crippen molar-refractivity contribution in [3.63, 3.8) is 0 Å². The number of aryl methyl sites for hydroxylation is 3. The van der Waals surface area contributed by atoms with Crippen LogP contribution in [0.25, 0.3) is 11.1 Å². The van der Waals surface area contributed by atoms with Crippen LogP contribution in [0.4, 0.5) is 0 Å². The first kappa shape index (κ1) is 33.2. The second-order valence-corrected chi connectivity index (χ2v) is 12.1. The lowest BCUT2D eigenvalue weighted by atomic mass is 9.98. The zero-order chi connectivity index (χ0) is 30.8. The number of amides is 1. The Labute approximate surface area is 257 Å². The van der Waals surface area contributed by atoms with Crippen LogP contribution in [-0.4, -0.2) is 34.4 Å². The van der Waals surface area contributed by atoms with Gasteiger partial charge in [-0.1, -0.05) is 69.2 Å². The van der Waals surface area contributed by atoms with Crippen LogP contribution in [0.5, 0.6) is 0 Å². The van der Waals surface area contributed by atoms with E-state index in [1.54, 1.807) is 11.9 Å². The van der Waals surface area contributed by atoms with Crippen LogP contribution >= 0.6 is 11.9 Å². The molecule has 0 radical (unpaired) electrons. The fourth-order valence-electron chi connectivity index (χ4n) is 5.21. The Balaban J connectivity index is 1.93. The summed E-state index contributed by atoms with van der Waals surface area (Å²) in [5.74, 6) is 1.85. The molecule has 0 atom stereocenters. The third-order valence-corrected chi connectivity index (χ3v) is 8.34. The Hall–Kier alpha value is -3.32. The number of benzene rings is 2. The van der Waals surface area contributed by atoms with Crippen LogP contribution in [0.2, 0.25) is 0 Å². The van der Waals surface area contributed by atoms with E-state index in [0.29, 0.717) is 12.2 Å². The van der Waals surface area contributed by atoms with Gasteiger partial charge in [-0.3, -0.25) is 9.79 Å². The summed E-state index contributed by atoms with van der Waals surface area (Å²) in [6.45, 7) is 17.5. The van der Waals surface area contributed by atoms with Gasteiger partial charge < -0.3 is 14.6 Å². The molecule has 0 bridgehead atoms. The molecule has 0 fully saturated rings. The maximum atomic E-state index is 13.3. The first-order valence-electron chi connectivity index (χ1n) is 15.3. The van der Waals surface area contributed by atoms with E-state index < -0.39 is 0 Å². The smallest absolute Gasteiger partial charge is 0.270 e. The number of amidine groups is 1.